The fraction of sp³-hybridized carbons (Fsp3) is 0.308. The molecule has 0 saturated heterocycles. The summed E-state index contributed by atoms with van der Waals surface area (Å²) in [7, 11) is 1.53. The minimum Gasteiger partial charge on any atom is -0.493 e. The first-order valence-corrected chi connectivity index (χ1v) is 5.14. The van der Waals surface area contributed by atoms with Crippen molar-refractivity contribution in [3.63, 3.8) is 0 Å². The molecule has 0 aromatic heterocycles. The molecule has 1 aromatic carbocycles. The van der Waals surface area contributed by atoms with Gasteiger partial charge in [0, 0.05) is 12.7 Å². The third-order valence-electron chi connectivity index (χ3n) is 2.07. The third-order valence-corrected chi connectivity index (χ3v) is 2.07. The van der Waals surface area contributed by atoms with E-state index in [0.29, 0.717) is 23.5 Å². The molecule has 0 amide bonds. The minimum atomic E-state index is -0.133. The molecular weight excluding hydrogens is 204 g/mol. The zero-order valence-corrected chi connectivity index (χ0v) is 9.66. The second-order valence-corrected chi connectivity index (χ2v) is 3.29. The third kappa shape index (κ3) is 2.94. The number of hydrogen-bond donors (Lipinski definition) is 0. The van der Waals surface area contributed by atoms with Gasteiger partial charge in [-0.25, -0.2) is 0 Å². The number of benzene rings is 1. The maximum absolute atomic E-state index is 12.0. The zero-order chi connectivity index (χ0) is 12.0. The SMILES string of the molecule is C=C(COC)C(=O)c1ccccc1OCC. The first-order chi connectivity index (χ1) is 7.70. The van der Waals surface area contributed by atoms with Crippen LogP contribution in [0, 0.1) is 0 Å². The van der Waals surface area contributed by atoms with Gasteiger partial charge in [-0.2, -0.15) is 0 Å². The normalized spacial score (nSPS) is 9.88. The van der Waals surface area contributed by atoms with Crippen LogP contribution in [0.25, 0.3) is 0 Å². The summed E-state index contributed by atoms with van der Waals surface area (Å²) in [5.74, 6) is 0.457. The van der Waals surface area contributed by atoms with E-state index in [2.05, 4.69) is 6.58 Å². The number of ether oxygens (including phenoxy) is 2. The molecule has 1 rings (SSSR count). The van der Waals surface area contributed by atoms with E-state index < -0.39 is 0 Å². The highest BCUT2D eigenvalue weighted by Gasteiger charge is 2.14. The molecule has 0 fully saturated rings. The van der Waals surface area contributed by atoms with Crippen molar-refractivity contribution < 1.29 is 14.3 Å². The van der Waals surface area contributed by atoms with Crippen molar-refractivity contribution in [2.24, 2.45) is 0 Å². The molecule has 0 spiro atoms. The van der Waals surface area contributed by atoms with Gasteiger partial charge in [0.1, 0.15) is 5.75 Å². The largest absolute Gasteiger partial charge is 0.493 e. The molecule has 0 bridgehead atoms. The molecule has 0 atom stereocenters. The maximum atomic E-state index is 12.0. The van der Waals surface area contributed by atoms with Crippen LogP contribution in [-0.4, -0.2) is 26.1 Å². The minimum absolute atomic E-state index is 0.133. The number of hydrogen-bond acceptors (Lipinski definition) is 3. The second-order valence-electron chi connectivity index (χ2n) is 3.29. The van der Waals surface area contributed by atoms with Gasteiger partial charge in [0.2, 0.25) is 0 Å². The zero-order valence-electron chi connectivity index (χ0n) is 9.66. The fourth-order valence-electron chi connectivity index (χ4n) is 1.37. The van der Waals surface area contributed by atoms with Crippen LogP contribution in [0.3, 0.4) is 0 Å². The van der Waals surface area contributed by atoms with E-state index in [-0.39, 0.29) is 12.4 Å². The summed E-state index contributed by atoms with van der Waals surface area (Å²) < 4.78 is 10.3. The summed E-state index contributed by atoms with van der Waals surface area (Å²) in [6, 6.07) is 7.14. The van der Waals surface area contributed by atoms with Gasteiger partial charge in [0.15, 0.2) is 5.78 Å². The Morgan fingerprint density at radius 3 is 2.69 bits per heavy atom. The van der Waals surface area contributed by atoms with Crippen molar-refractivity contribution in [1.82, 2.24) is 0 Å². The van der Waals surface area contributed by atoms with E-state index in [1.54, 1.807) is 18.2 Å². The molecule has 0 aliphatic carbocycles. The van der Waals surface area contributed by atoms with Crippen molar-refractivity contribution in [2.45, 2.75) is 6.92 Å². The lowest BCUT2D eigenvalue weighted by molar-refractivity contribution is 0.100. The van der Waals surface area contributed by atoms with Gasteiger partial charge >= 0.3 is 0 Å². The van der Waals surface area contributed by atoms with Crippen LogP contribution < -0.4 is 4.74 Å². The number of carbonyl (C=O) groups excluding carboxylic acids is 1. The number of para-hydroxylation sites is 1. The quantitative estimate of drug-likeness (QED) is 0.545. The van der Waals surface area contributed by atoms with Gasteiger partial charge in [-0.1, -0.05) is 18.7 Å². The summed E-state index contributed by atoms with van der Waals surface area (Å²) in [5.41, 5.74) is 0.959. The monoisotopic (exact) mass is 220 g/mol. The number of Topliss-reactive ketones (excluding diaryl/α,β-unsaturated/α-hetero) is 1. The average molecular weight is 220 g/mol. The topological polar surface area (TPSA) is 35.5 Å². The van der Waals surface area contributed by atoms with Crippen LogP contribution in [-0.2, 0) is 4.74 Å². The molecule has 1 aromatic rings. The molecular formula is C13H16O3. The predicted octanol–water partition coefficient (Wildman–Crippen LogP) is 2.47. The first-order valence-electron chi connectivity index (χ1n) is 5.14. The molecule has 86 valence electrons. The van der Waals surface area contributed by atoms with Crippen LogP contribution in [0.4, 0.5) is 0 Å². The number of methoxy groups -OCH3 is 1. The van der Waals surface area contributed by atoms with E-state index in [4.69, 9.17) is 9.47 Å². The lowest BCUT2D eigenvalue weighted by Crippen LogP contribution is -2.09. The summed E-state index contributed by atoms with van der Waals surface area (Å²) in [6.45, 7) is 6.34. The van der Waals surface area contributed by atoms with E-state index in [1.807, 2.05) is 13.0 Å². The highest BCUT2D eigenvalue weighted by atomic mass is 16.5. The lowest BCUT2D eigenvalue weighted by atomic mass is 10.0. The van der Waals surface area contributed by atoms with Gasteiger partial charge in [-0.15, -0.1) is 0 Å². The van der Waals surface area contributed by atoms with Crippen molar-refractivity contribution in [2.75, 3.05) is 20.3 Å². The molecule has 0 heterocycles. The van der Waals surface area contributed by atoms with Crippen LogP contribution >= 0.6 is 0 Å². The lowest BCUT2D eigenvalue weighted by Gasteiger charge is -2.09. The Morgan fingerprint density at radius 1 is 1.38 bits per heavy atom. The van der Waals surface area contributed by atoms with Gasteiger partial charge in [0.25, 0.3) is 0 Å². The Labute approximate surface area is 95.7 Å². The van der Waals surface area contributed by atoms with Crippen LogP contribution in [0.1, 0.15) is 17.3 Å². The Morgan fingerprint density at radius 2 is 2.06 bits per heavy atom. The van der Waals surface area contributed by atoms with Crippen molar-refractivity contribution in [3.8, 4) is 5.75 Å². The van der Waals surface area contributed by atoms with Gasteiger partial charge in [-0.3, -0.25) is 4.79 Å². The van der Waals surface area contributed by atoms with Gasteiger partial charge in [-0.05, 0) is 19.1 Å². The van der Waals surface area contributed by atoms with E-state index in [9.17, 15) is 4.79 Å². The van der Waals surface area contributed by atoms with Crippen molar-refractivity contribution >= 4 is 5.78 Å². The summed E-state index contributed by atoms with van der Waals surface area (Å²) in [6.07, 6.45) is 0. The van der Waals surface area contributed by atoms with Crippen LogP contribution in [0.15, 0.2) is 36.4 Å². The molecule has 0 saturated carbocycles. The highest BCUT2D eigenvalue weighted by Crippen LogP contribution is 2.20. The Bertz CT molecular complexity index is 383. The Kier molecular flexibility index (Phi) is 4.73. The fourth-order valence-corrected chi connectivity index (χ4v) is 1.37. The van der Waals surface area contributed by atoms with E-state index >= 15 is 0 Å². The summed E-state index contributed by atoms with van der Waals surface area (Å²) in [5, 5.41) is 0. The summed E-state index contributed by atoms with van der Waals surface area (Å²) >= 11 is 0. The van der Waals surface area contributed by atoms with E-state index in [0.717, 1.165) is 0 Å². The Hall–Kier alpha value is -1.61. The first kappa shape index (κ1) is 12.5. The molecule has 3 nitrogen and oxygen atoms in total. The number of ketones is 1. The molecule has 0 radical (unpaired) electrons. The molecule has 16 heavy (non-hydrogen) atoms. The number of carbonyl (C=O) groups is 1. The number of rotatable bonds is 6. The second kappa shape index (κ2) is 6.08. The van der Waals surface area contributed by atoms with Crippen LogP contribution in [0.5, 0.6) is 5.75 Å². The van der Waals surface area contributed by atoms with Crippen LogP contribution in [0.2, 0.25) is 0 Å². The predicted molar refractivity (Wildman–Crippen MR) is 63.0 cm³/mol. The Balaban J connectivity index is 2.94. The van der Waals surface area contributed by atoms with Gasteiger partial charge < -0.3 is 9.47 Å². The maximum Gasteiger partial charge on any atom is 0.194 e. The molecule has 0 aliphatic heterocycles. The van der Waals surface area contributed by atoms with Crippen molar-refractivity contribution in [1.29, 1.82) is 0 Å². The van der Waals surface area contributed by atoms with Crippen molar-refractivity contribution in [3.05, 3.63) is 42.0 Å². The van der Waals surface area contributed by atoms with Gasteiger partial charge in [0.05, 0.1) is 18.8 Å². The smallest absolute Gasteiger partial charge is 0.194 e. The molecule has 0 aliphatic rings. The summed E-state index contributed by atoms with van der Waals surface area (Å²) in [4.78, 5) is 12.0. The highest BCUT2D eigenvalue weighted by molar-refractivity contribution is 6.10. The molecule has 0 N–H and O–H groups in total. The molecule has 3 heteroatoms. The average Bonchev–Trinajstić information content (AvgIpc) is 2.29. The standard InChI is InChI=1S/C13H16O3/c1-4-16-12-8-6-5-7-11(12)13(14)10(2)9-15-3/h5-8H,2,4,9H2,1,3H3. The molecule has 0 unspecified atom stereocenters. The van der Waals surface area contributed by atoms with E-state index in [1.165, 1.54) is 7.11 Å².